The van der Waals surface area contributed by atoms with E-state index in [0.29, 0.717) is 11.2 Å². The van der Waals surface area contributed by atoms with Crippen LogP contribution in [0.15, 0.2) is 12.1 Å². The third kappa shape index (κ3) is 2.50. The van der Waals surface area contributed by atoms with Crippen molar-refractivity contribution < 1.29 is 18.4 Å². The van der Waals surface area contributed by atoms with Crippen LogP contribution >= 0.6 is 22.6 Å². The molecule has 2 rings (SSSR count). The van der Waals surface area contributed by atoms with Crippen LogP contribution in [-0.4, -0.2) is 25.4 Å². The van der Waals surface area contributed by atoms with Crippen molar-refractivity contribution in [3.63, 3.8) is 0 Å². The van der Waals surface area contributed by atoms with Gasteiger partial charge in [0.2, 0.25) is 0 Å². The third-order valence-corrected chi connectivity index (χ3v) is 4.64. The molecule has 1 fully saturated rings. The largest absolute Gasteiger partial charge is 0.501 e. The molecule has 0 bridgehead atoms. The fourth-order valence-corrected chi connectivity index (χ4v) is 2.63. The van der Waals surface area contributed by atoms with E-state index in [1.54, 1.807) is 6.07 Å². The summed E-state index contributed by atoms with van der Waals surface area (Å²) < 4.78 is 32.0. The van der Waals surface area contributed by atoms with Gasteiger partial charge in [-0.15, -0.1) is 0 Å². The Balaban J connectivity index is 2.48. The number of hydrogen-bond donors (Lipinski definition) is 0. The summed E-state index contributed by atoms with van der Waals surface area (Å²) in [4.78, 5) is 0. The molecule has 6 heteroatoms. The number of halogens is 2. The minimum atomic E-state index is -0.755. The molecule has 104 valence electrons. The van der Waals surface area contributed by atoms with Gasteiger partial charge in [0.25, 0.3) is 0 Å². The molecule has 19 heavy (non-hydrogen) atoms. The molecule has 1 aromatic rings. The molecule has 0 aliphatic carbocycles. The molecule has 0 amide bonds. The van der Waals surface area contributed by atoms with Crippen LogP contribution in [0.4, 0.5) is 4.39 Å². The number of rotatable bonds is 2. The maximum atomic E-state index is 14.1. The topological polar surface area (TPSA) is 27.7 Å². The first kappa shape index (κ1) is 15.1. The highest BCUT2D eigenvalue weighted by Gasteiger charge is 2.53. The first-order valence-corrected chi connectivity index (χ1v) is 7.15. The van der Waals surface area contributed by atoms with Gasteiger partial charge < -0.3 is 14.0 Å². The molecular weight excluding hydrogens is 361 g/mol. The fourth-order valence-electron chi connectivity index (χ4n) is 1.94. The predicted octanol–water partition coefficient (Wildman–Crippen LogP) is 2.74. The highest BCUT2D eigenvalue weighted by atomic mass is 127. The average Bonchev–Trinajstić information content (AvgIpc) is 2.50. The normalized spacial score (nSPS) is 20.7. The highest BCUT2D eigenvalue weighted by molar-refractivity contribution is 14.1. The number of ether oxygens (including phenoxy) is 1. The lowest BCUT2D eigenvalue weighted by molar-refractivity contribution is 0.00578. The molecule has 0 spiro atoms. The maximum Gasteiger partial charge on any atom is 0.501 e. The lowest BCUT2D eigenvalue weighted by atomic mass is 9.78. The molecule has 1 saturated heterocycles. The van der Waals surface area contributed by atoms with Gasteiger partial charge in [-0.1, -0.05) is 0 Å². The summed E-state index contributed by atoms with van der Waals surface area (Å²) in [6.07, 6.45) is 0. The average molecular weight is 378 g/mol. The van der Waals surface area contributed by atoms with Gasteiger partial charge >= 0.3 is 7.12 Å². The fraction of sp³-hybridized carbons (Fsp3) is 0.538. The maximum absolute atomic E-state index is 14.1. The zero-order valence-electron chi connectivity index (χ0n) is 11.7. The van der Waals surface area contributed by atoms with Crippen molar-refractivity contribution in [3.05, 3.63) is 21.5 Å². The molecule has 1 aromatic carbocycles. The molecule has 1 aliphatic heterocycles. The van der Waals surface area contributed by atoms with E-state index in [1.165, 1.54) is 13.2 Å². The van der Waals surface area contributed by atoms with Gasteiger partial charge in [0.15, 0.2) is 0 Å². The quantitative estimate of drug-likeness (QED) is 0.586. The molecule has 0 aromatic heterocycles. The molecule has 0 saturated carbocycles. The summed E-state index contributed by atoms with van der Waals surface area (Å²) in [5.41, 5.74) is -0.680. The zero-order chi connectivity index (χ0) is 14.4. The molecule has 1 heterocycles. The van der Waals surface area contributed by atoms with Crippen molar-refractivity contribution in [2.45, 2.75) is 38.9 Å². The van der Waals surface area contributed by atoms with Crippen molar-refractivity contribution >= 4 is 35.2 Å². The van der Waals surface area contributed by atoms with Crippen LogP contribution in [-0.2, 0) is 9.31 Å². The Hall–Kier alpha value is -0.335. The van der Waals surface area contributed by atoms with Gasteiger partial charge in [-0.25, -0.2) is 4.39 Å². The minimum Gasteiger partial charge on any atom is -0.496 e. The zero-order valence-corrected chi connectivity index (χ0v) is 13.9. The van der Waals surface area contributed by atoms with E-state index in [2.05, 4.69) is 22.6 Å². The predicted molar refractivity (Wildman–Crippen MR) is 81.4 cm³/mol. The second-order valence-corrected chi connectivity index (χ2v) is 6.73. The van der Waals surface area contributed by atoms with Gasteiger partial charge in [-0.2, -0.15) is 0 Å². The van der Waals surface area contributed by atoms with Gasteiger partial charge in [-0.05, 0) is 62.4 Å². The van der Waals surface area contributed by atoms with Crippen LogP contribution in [0.5, 0.6) is 5.75 Å². The Morgan fingerprint density at radius 2 is 1.68 bits per heavy atom. The van der Waals surface area contributed by atoms with Gasteiger partial charge in [0.1, 0.15) is 11.6 Å². The lowest BCUT2D eigenvalue weighted by Crippen LogP contribution is -2.41. The summed E-state index contributed by atoms with van der Waals surface area (Å²) in [7, 11) is 0.765. The third-order valence-electron chi connectivity index (χ3n) is 3.79. The van der Waals surface area contributed by atoms with E-state index in [0.717, 1.165) is 3.57 Å². The summed E-state index contributed by atoms with van der Waals surface area (Å²) in [6.45, 7) is 7.74. The number of benzene rings is 1. The van der Waals surface area contributed by atoms with E-state index >= 15 is 0 Å². The molecule has 0 atom stereocenters. The van der Waals surface area contributed by atoms with Crippen LogP contribution in [0, 0.1) is 9.39 Å². The summed E-state index contributed by atoms with van der Waals surface area (Å²) in [5.74, 6) is 0.0925. The van der Waals surface area contributed by atoms with Crippen molar-refractivity contribution in [2.75, 3.05) is 7.11 Å². The number of methoxy groups -OCH3 is 1. The van der Waals surface area contributed by atoms with Crippen LogP contribution in [0.3, 0.4) is 0 Å². The van der Waals surface area contributed by atoms with E-state index in [4.69, 9.17) is 14.0 Å². The Morgan fingerprint density at radius 1 is 1.16 bits per heavy atom. The number of hydrogen-bond acceptors (Lipinski definition) is 3. The smallest absolute Gasteiger partial charge is 0.496 e. The van der Waals surface area contributed by atoms with Crippen molar-refractivity contribution in [3.8, 4) is 5.75 Å². The Bertz CT molecular complexity index is 489. The monoisotopic (exact) mass is 378 g/mol. The minimum absolute atomic E-state index is 0.327. The van der Waals surface area contributed by atoms with Crippen molar-refractivity contribution in [2.24, 2.45) is 0 Å². The highest BCUT2D eigenvalue weighted by Crippen LogP contribution is 2.37. The van der Waals surface area contributed by atoms with Crippen LogP contribution in [0.1, 0.15) is 27.7 Å². The molecule has 3 nitrogen and oxygen atoms in total. The standard InChI is InChI=1S/C13H17BFIO3/c1-12(2)13(3,4)19-14(18-12)10-8(15)6-7-9(16)11(10)17-5/h6-7H,1-5H3. The van der Waals surface area contributed by atoms with Crippen LogP contribution < -0.4 is 10.2 Å². The molecule has 0 radical (unpaired) electrons. The van der Waals surface area contributed by atoms with E-state index in [9.17, 15) is 4.39 Å². The molecular formula is C13H17BFIO3. The Labute approximate surface area is 127 Å². The summed E-state index contributed by atoms with van der Waals surface area (Å²) >= 11 is 2.10. The summed E-state index contributed by atoms with van der Waals surface area (Å²) in [5, 5.41) is 0. The second kappa shape index (κ2) is 4.89. The molecule has 1 aliphatic rings. The van der Waals surface area contributed by atoms with E-state index < -0.39 is 18.3 Å². The van der Waals surface area contributed by atoms with Crippen LogP contribution in [0.25, 0.3) is 0 Å². The Morgan fingerprint density at radius 3 is 2.16 bits per heavy atom. The Kier molecular flexibility index (Phi) is 3.88. The first-order chi connectivity index (χ1) is 8.69. The lowest BCUT2D eigenvalue weighted by Gasteiger charge is -2.32. The van der Waals surface area contributed by atoms with E-state index in [1.807, 2.05) is 27.7 Å². The molecule has 0 unspecified atom stereocenters. The van der Waals surface area contributed by atoms with E-state index in [-0.39, 0.29) is 5.82 Å². The summed E-state index contributed by atoms with van der Waals surface area (Å²) in [6, 6.07) is 3.08. The van der Waals surface area contributed by atoms with Gasteiger partial charge in [0, 0.05) is 0 Å². The molecule has 0 N–H and O–H groups in total. The van der Waals surface area contributed by atoms with Crippen molar-refractivity contribution in [1.29, 1.82) is 0 Å². The van der Waals surface area contributed by atoms with Gasteiger partial charge in [0.05, 0.1) is 27.3 Å². The second-order valence-electron chi connectivity index (χ2n) is 5.56. The van der Waals surface area contributed by atoms with Crippen molar-refractivity contribution in [1.82, 2.24) is 0 Å². The van der Waals surface area contributed by atoms with Gasteiger partial charge in [-0.3, -0.25) is 0 Å². The first-order valence-electron chi connectivity index (χ1n) is 6.07. The van der Waals surface area contributed by atoms with Crippen LogP contribution in [0.2, 0.25) is 0 Å². The SMILES string of the molecule is COc1c(I)ccc(F)c1B1OC(C)(C)C(C)(C)O1.